The molecule has 0 aliphatic heterocycles. The van der Waals surface area contributed by atoms with Crippen LogP contribution >= 0.6 is 24.0 Å². The van der Waals surface area contributed by atoms with E-state index in [1.165, 1.54) is 18.2 Å². The summed E-state index contributed by atoms with van der Waals surface area (Å²) in [5, 5.41) is 9.10. The third kappa shape index (κ3) is 6.08. The molecule has 1 fully saturated rings. The molecule has 1 aliphatic carbocycles. The van der Waals surface area contributed by atoms with Crippen molar-refractivity contribution in [2.45, 2.75) is 32.9 Å². The van der Waals surface area contributed by atoms with Gasteiger partial charge in [0.25, 0.3) is 0 Å². The molecule has 0 saturated heterocycles. The van der Waals surface area contributed by atoms with Crippen LogP contribution in [0.4, 0.5) is 0 Å². The lowest BCUT2D eigenvalue weighted by molar-refractivity contribution is 0.297. The second kappa shape index (κ2) is 11.2. The average Bonchev–Trinajstić information content (AvgIpc) is 3.59. The molecule has 2 N–H and O–H groups in total. The molecule has 5 nitrogen and oxygen atoms in total. The Morgan fingerprint density at radius 2 is 1.87 bits per heavy atom. The van der Waals surface area contributed by atoms with Crippen LogP contribution in [0.2, 0.25) is 0 Å². The van der Waals surface area contributed by atoms with Crippen molar-refractivity contribution in [1.82, 2.24) is 15.6 Å². The first-order valence-corrected chi connectivity index (χ1v) is 10.4. The summed E-state index contributed by atoms with van der Waals surface area (Å²) in [4.78, 5) is 9.32. The highest BCUT2D eigenvalue weighted by Crippen LogP contribution is 2.30. The van der Waals surface area contributed by atoms with E-state index in [9.17, 15) is 0 Å². The summed E-state index contributed by atoms with van der Waals surface area (Å²) in [6.45, 7) is 4.87. The first-order valence-electron chi connectivity index (χ1n) is 10.4. The molecule has 0 unspecified atom stereocenters. The largest absolute Gasteiger partial charge is 0.493 e. The van der Waals surface area contributed by atoms with Crippen LogP contribution in [0, 0.1) is 5.92 Å². The predicted octanol–water partition coefficient (Wildman–Crippen LogP) is 4.90. The lowest BCUT2D eigenvalue weighted by Crippen LogP contribution is -2.37. The minimum Gasteiger partial charge on any atom is -0.493 e. The highest BCUT2D eigenvalue weighted by Gasteiger charge is 2.22. The van der Waals surface area contributed by atoms with E-state index in [1.807, 2.05) is 42.6 Å². The zero-order valence-corrected chi connectivity index (χ0v) is 19.6. The van der Waals surface area contributed by atoms with Gasteiger partial charge in [-0.15, -0.1) is 24.0 Å². The van der Waals surface area contributed by atoms with E-state index in [-0.39, 0.29) is 24.0 Å². The fraction of sp³-hybridized carbons (Fsp3) is 0.333. The molecule has 1 aromatic heterocycles. The van der Waals surface area contributed by atoms with Crippen molar-refractivity contribution in [2.75, 3.05) is 13.2 Å². The number of nitrogens with one attached hydrogen (secondary N) is 2. The van der Waals surface area contributed by atoms with Gasteiger partial charge in [0.1, 0.15) is 5.75 Å². The number of hydrogen-bond acceptors (Lipinski definition) is 3. The molecule has 0 amide bonds. The highest BCUT2D eigenvalue weighted by molar-refractivity contribution is 14.0. The van der Waals surface area contributed by atoms with Gasteiger partial charge in [0.2, 0.25) is 0 Å². The molecule has 0 atom stereocenters. The predicted molar refractivity (Wildman–Crippen MR) is 133 cm³/mol. The number of benzene rings is 2. The Morgan fingerprint density at radius 3 is 2.70 bits per heavy atom. The SMILES string of the molecule is CCNC(=NCc1ccccc1OCC1CC1)NCc1nccc2ccccc12.I. The number of halogens is 1. The van der Waals surface area contributed by atoms with E-state index in [4.69, 9.17) is 9.73 Å². The van der Waals surface area contributed by atoms with Gasteiger partial charge in [0.15, 0.2) is 5.96 Å². The van der Waals surface area contributed by atoms with Crippen LogP contribution in [-0.2, 0) is 13.1 Å². The smallest absolute Gasteiger partial charge is 0.191 e. The summed E-state index contributed by atoms with van der Waals surface area (Å²) in [6, 6.07) is 18.5. The van der Waals surface area contributed by atoms with E-state index >= 15 is 0 Å². The van der Waals surface area contributed by atoms with Crippen LogP contribution in [0.3, 0.4) is 0 Å². The number of fused-ring (bicyclic) bond motifs is 1. The van der Waals surface area contributed by atoms with E-state index in [2.05, 4.69) is 40.7 Å². The fourth-order valence-corrected chi connectivity index (χ4v) is 3.26. The van der Waals surface area contributed by atoms with Gasteiger partial charge in [-0.1, -0.05) is 42.5 Å². The van der Waals surface area contributed by atoms with Crippen LogP contribution in [-0.4, -0.2) is 24.1 Å². The van der Waals surface area contributed by atoms with Crippen LogP contribution in [0.15, 0.2) is 65.8 Å². The summed E-state index contributed by atoms with van der Waals surface area (Å²) in [5.41, 5.74) is 2.12. The number of aliphatic imine (C=N–C) groups is 1. The normalized spacial score (nSPS) is 13.6. The maximum atomic E-state index is 6.01. The molecule has 0 radical (unpaired) electrons. The molecule has 0 spiro atoms. The second-order valence-corrected chi connectivity index (χ2v) is 7.39. The van der Waals surface area contributed by atoms with Gasteiger partial charge in [-0.05, 0) is 43.2 Å². The summed E-state index contributed by atoms with van der Waals surface area (Å²) >= 11 is 0. The van der Waals surface area contributed by atoms with Gasteiger partial charge in [-0.25, -0.2) is 4.99 Å². The third-order valence-electron chi connectivity index (χ3n) is 5.08. The van der Waals surface area contributed by atoms with E-state index in [0.717, 1.165) is 47.4 Å². The molecule has 158 valence electrons. The molecule has 30 heavy (non-hydrogen) atoms. The maximum Gasteiger partial charge on any atom is 0.191 e. The number of para-hydroxylation sites is 1. The molecular weight excluding hydrogens is 487 g/mol. The van der Waals surface area contributed by atoms with Gasteiger partial charge in [0.05, 0.1) is 25.4 Å². The number of rotatable bonds is 8. The monoisotopic (exact) mass is 516 g/mol. The number of pyridine rings is 1. The summed E-state index contributed by atoms with van der Waals surface area (Å²) < 4.78 is 6.01. The Bertz CT molecular complexity index is 982. The number of guanidine groups is 1. The van der Waals surface area contributed by atoms with Crippen molar-refractivity contribution in [3.05, 3.63) is 72.1 Å². The summed E-state index contributed by atoms with van der Waals surface area (Å²) in [7, 11) is 0. The fourth-order valence-electron chi connectivity index (χ4n) is 3.26. The number of nitrogens with zero attached hydrogens (tertiary/aromatic N) is 2. The molecule has 3 aromatic rings. The van der Waals surface area contributed by atoms with Gasteiger partial charge < -0.3 is 15.4 Å². The molecule has 6 heteroatoms. The van der Waals surface area contributed by atoms with Crippen molar-refractivity contribution < 1.29 is 4.74 Å². The Hall–Kier alpha value is -2.35. The molecular formula is C24H29IN4O. The molecule has 1 saturated carbocycles. The lowest BCUT2D eigenvalue weighted by atomic mass is 10.1. The minimum absolute atomic E-state index is 0. The van der Waals surface area contributed by atoms with Crippen LogP contribution < -0.4 is 15.4 Å². The van der Waals surface area contributed by atoms with Gasteiger partial charge in [0, 0.05) is 23.7 Å². The maximum absolute atomic E-state index is 6.01. The van der Waals surface area contributed by atoms with Crippen molar-refractivity contribution in [1.29, 1.82) is 0 Å². The Labute approximate surface area is 195 Å². The molecule has 4 rings (SSSR count). The molecule has 1 aliphatic rings. The van der Waals surface area contributed by atoms with Gasteiger partial charge in [-0.2, -0.15) is 0 Å². The first kappa shape index (κ1) is 22.3. The Morgan fingerprint density at radius 1 is 1.07 bits per heavy atom. The standard InChI is InChI=1S/C24H28N4O.HI/c1-2-25-24(28-16-22-21-9-5-3-7-19(21)13-14-26-22)27-15-20-8-4-6-10-23(20)29-17-18-11-12-18;/h3-10,13-14,18H,2,11-12,15-17H2,1H3,(H2,25,27,28);1H. The Balaban J connectivity index is 0.00000256. The third-order valence-corrected chi connectivity index (χ3v) is 5.08. The average molecular weight is 516 g/mol. The van der Waals surface area contributed by atoms with Crippen molar-refractivity contribution >= 4 is 40.7 Å². The first-order chi connectivity index (χ1) is 14.3. The molecule has 2 aromatic carbocycles. The summed E-state index contributed by atoms with van der Waals surface area (Å²) in [6.07, 6.45) is 4.44. The van der Waals surface area contributed by atoms with E-state index in [1.54, 1.807) is 0 Å². The van der Waals surface area contributed by atoms with Crippen LogP contribution in [0.25, 0.3) is 10.8 Å². The highest BCUT2D eigenvalue weighted by atomic mass is 127. The quantitative estimate of drug-likeness (QED) is 0.254. The minimum atomic E-state index is 0. The zero-order valence-electron chi connectivity index (χ0n) is 17.3. The van der Waals surface area contributed by atoms with Crippen molar-refractivity contribution in [2.24, 2.45) is 10.9 Å². The summed E-state index contributed by atoms with van der Waals surface area (Å²) in [5.74, 6) is 2.45. The Kier molecular flexibility index (Phi) is 8.30. The molecule has 0 bridgehead atoms. The van der Waals surface area contributed by atoms with E-state index in [0.29, 0.717) is 13.1 Å². The lowest BCUT2D eigenvalue weighted by Gasteiger charge is -2.13. The van der Waals surface area contributed by atoms with E-state index < -0.39 is 0 Å². The van der Waals surface area contributed by atoms with Gasteiger partial charge >= 0.3 is 0 Å². The number of aromatic nitrogens is 1. The van der Waals surface area contributed by atoms with Crippen LogP contribution in [0.5, 0.6) is 5.75 Å². The van der Waals surface area contributed by atoms with Crippen LogP contribution in [0.1, 0.15) is 31.0 Å². The molecule has 1 heterocycles. The van der Waals surface area contributed by atoms with Crippen molar-refractivity contribution in [3.63, 3.8) is 0 Å². The topological polar surface area (TPSA) is 58.5 Å². The van der Waals surface area contributed by atoms with Crippen molar-refractivity contribution in [3.8, 4) is 5.75 Å². The number of ether oxygens (including phenoxy) is 1. The van der Waals surface area contributed by atoms with Gasteiger partial charge in [-0.3, -0.25) is 4.98 Å². The number of hydrogen-bond donors (Lipinski definition) is 2. The second-order valence-electron chi connectivity index (χ2n) is 7.39. The zero-order chi connectivity index (χ0) is 19.9.